The van der Waals surface area contributed by atoms with Gasteiger partial charge in [0.05, 0.1) is 6.54 Å². The second kappa shape index (κ2) is 7.08. The van der Waals surface area contributed by atoms with Gasteiger partial charge in [-0.05, 0) is 43.7 Å². The first-order chi connectivity index (χ1) is 11.1. The Morgan fingerprint density at radius 1 is 1.22 bits per heavy atom. The molecule has 3 rings (SSSR count). The van der Waals surface area contributed by atoms with Crippen LogP contribution in [-0.2, 0) is 4.74 Å². The van der Waals surface area contributed by atoms with Crippen LogP contribution < -0.4 is 0 Å². The number of halogens is 1. The number of likely N-dealkylation sites (tertiary alicyclic amines) is 1. The summed E-state index contributed by atoms with van der Waals surface area (Å²) in [7, 11) is 0. The molecule has 2 aliphatic heterocycles. The lowest BCUT2D eigenvalue weighted by Gasteiger charge is -2.32. The monoisotopic (exact) mass is 320 g/mol. The largest absolute Gasteiger partial charge is 0.448 e. The average Bonchev–Trinajstić information content (AvgIpc) is 2.98. The lowest BCUT2D eigenvalue weighted by Crippen LogP contribution is -2.43. The van der Waals surface area contributed by atoms with Gasteiger partial charge in [-0.3, -0.25) is 4.79 Å². The number of benzene rings is 1. The smallest absolute Gasteiger partial charge is 0.409 e. The molecular formula is C17H21FN2O3. The highest BCUT2D eigenvalue weighted by atomic mass is 19.1. The molecule has 0 bridgehead atoms. The molecule has 1 aromatic carbocycles. The highest BCUT2D eigenvalue weighted by Gasteiger charge is 2.28. The van der Waals surface area contributed by atoms with Gasteiger partial charge in [-0.1, -0.05) is 0 Å². The average molecular weight is 320 g/mol. The molecule has 2 heterocycles. The Kier molecular flexibility index (Phi) is 4.91. The van der Waals surface area contributed by atoms with Crippen LogP contribution in [0, 0.1) is 11.7 Å². The number of amides is 1. The first kappa shape index (κ1) is 15.9. The van der Waals surface area contributed by atoms with Gasteiger partial charge in [-0.25, -0.2) is 9.18 Å². The fraction of sp³-hybridized carbons (Fsp3) is 0.529. The van der Waals surface area contributed by atoms with Gasteiger partial charge in [0, 0.05) is 31.1 Å². The van der Waals surface area contributed by atoms with Crippen molar-refractivity contribution in [2.24, 2.45) is 5.92 Å². The third kappa shape index (κ3) is 3.88. The number of hydrogen-bond acceptors (Lipinski definition) is 4. The molecule has 1 amide bonds. The quantitative estimate of drug-likeness (QED) is 0.780. The van der Waals surface area contributed by atoms with Crippen molar-refractivity contribution in [2.45, 2.75) is 12.8 Å². The minimum Gasteiger partial charge on any atom is -0.448 e. The Balaban J connectivity index is 1.54. The van der Waals surface area contributed by atoms with Gasteiger partial charge in [0.15, 0.2) is 5.78 Å². The normalized spacial score (nSPS) is 22.2. The van der Waals surface area contributed by atoms with Crippen LogP contribution in [0.2, 0.25) is 0 Å². The zero-order valence-corrected chi connectivity index (χ0v) is 13.0. The fourth-order valence-corrected chi connectivity index (χ4v) is 3.21. The van der Waals surface area contributed by atoms with Crippen molar-refractivity contribution in [3.63, 3.8) is 0 Å². The van der Waals surface area contributed by atoms with Crippen molar-refractivity contribution in [1.29, 1.82) is 0 Å². The maximum absolute atomic E-state index is 13.0. The summed E-state index contributed by atoms with van der Waals surface area (Å²) < 4.78 is 17.9. The Morgan fingerprint density at radius 2 is 2.00 bits per heavy atom. The van der Waals surface area contributed by atoms with Crippen molar-refractivity contribution in [2.75, 3.05) is 39.3 Å². The summed E-state index contributed by atoms with van der Waals surface area (Å²) in [4.78, 5) is 27.9. The van der Waals surface area contributed by atoms with E-state index in [0.29, 0.717) is 31.8 Å². The topological polar surface area (TPSA) is 49.9 Å². The minimum absolute atomic E-state index is 0.0558. The lowest BCUT2D eigenvalue weighted by atomic mass is 9.90. The maximum atomic E-state index is 13.0. The first-order valence-corrected chi connectivity index (χ1v) is 8.07. The Bertz CT molecular complexity index is 576. The number of hydrogen-bond donors (Lipinski definition) is 0. The van der Waals surface area contributed by atoms with Crippen molar-refractivity contribution in [3.05, 3.63) is 35.6 Å². The SMILES string of the molecule is O=C(c1ccc(F)cc1)[C@@H]1CCCN(CCN2CCOC2=O)C1. The van der Waals surface area contributed by atoms with Crippen LogP contribution in [0.25, 0.3) is 0 Å². The van der Waals surface area contributed by atoms with E-state index in [2.05, 4.69) is 4.90 Å². The predicted octanol–water partition coefficient (Wildman–Crippen LogP) is 2.17. The summed E-state index contributed by atoms with van der Waals surface area (Å²) in [5.74, 6) is -0.306. The molecule has 0 aromatic heterocycles. The molecule has 0 spiro atoms. The van der Waals surface area contributed by atoms with Crippen molar-refractivity contribution in [3.8, 4) is 0 Å². The van der Waals surface area contributed by atoms with Crippen LogP contribution in [0.5, 0.6) is 0 Å². The van der Waals surface area contributed by atoms with Crippen molar-refractivity contribution in [1.82, 2.24) is 9.80 Å². The molecule has 2 fully saturated rings. The predicted molar refractivity (Wildman–Crippen MR) is 82.8 cm³/mol. The number of Topliss-reactive ketones (excluding diaryl/α,β-unsaturated/α-hetero) is 1. The highest BCUT2D eigenvalue weighted by molar-refractivity contribution is 5.98. The molecule has 0 radical (unpaired) electrons. The molecule has 0 saturated carbocycles. The third-order valence-corrected chi connectivity index (χ3v) is 4.54. The van der Waals surface area contributed by atoms with Crippen LogP contribution in [0.3, 0.4) is 0 Å². The molecule has 1 atom stereocenters. The number of rotatable bonds is 5. The van der Waals surface area contributed by atoms with Gasteiger partial charge in [0.25, 0.3) is 0 Å². The second-order valence-electron chi connectivity index (χ2n) is 6.11. The van der Waals surface area contributed by atoms with E-state index in [9.17, 15) is 14.0 Å². The van der Waals surface area contributed by atoms with Crippen LogP contribution in [-0.4, -0.2) is 61.0 Å². The molecule has 6 heteroatoms. The number of ether oxygens (including phenoxy) is 1. The Labute approximate surface area is 135 Å². The second-order valence-corrected chi connectivity index (χ2v) is 6.11. The van der Waals surface area contributed by atoms with Gasteiger partial charge in [0.2, 0.25) is 0 Å². The fourth-order valence-electron chi connectivity index (χ4n) is 3.21. The highest BCUT2D eigenvalue weighted by Crippen LogP contribution is 2.21. The van der Waals surface area contributed by atoms with Crippen molar-refractivity contribution < 1.29 is 18.7 Å². The molecule has 0 aliphatic carbocycles. The molecule has 0 unspecified atom stereocenters. The number of ketones is 1. The molecule has 124 valence electrons. The van der Waals surface area contributed by atoms with E-state index >= 15 is 0 Å². The number of carbonyl (C=O) groups excluding carboxylic acids is 2. The van der Waals surface area contributed by atoms with Crippen molar-refractivity contribution >= 4 is 11.9 Å². The maximum Gasteiger partial charge on any atom is 0.409 e. The number of carbonyl (C=O) groups is 2. The van der Waals surface area contributed by atoms with Gasteiger partial charge in [0.1, 0.15) is 12.4 Å². The molecule has 5 nitrogen and oxygen atoms in total. The minimum atomic E-state index is -0.329. The van der Waals surface area contributed by atoms with Gasteiger partial charge in [-0.15, -0.1) is 0 Å². The van der Waals surface area contributed by atoms with E-state index in [-0.39, 0.29) is 23.6 Å². The number of nitrogens with zero attached hydrogens (tertiary/aromatic N) is 2. The molecule has 23 heavy (non-hydrogen) atoms. The lowest BCUT2D eigenvalue weighted by molar-refractivity contribution is 0.0809. The van der Waals surface area contributed by atoms with E-state index < -0.39 is 0 Å². The molecule has 2 aliphatic rings. The molecule has 0 N–H and O–H groups in total. The van der Waals surface area contributed by atoms with Gasteiger partial charge < -0.3 is 14.5 Å². The number of cyclic esters (lactones) is 1. The van der Waals surface area contributed by atoms with E-state index in [1.54, 1.807) is 17.0 Å². The van der Waals surface area contributed by atoms with Gasteiger partial charge in [-0.2, -0.15) is 0 Å². The summed E-state index contributed by atoms with van der Waals surface area (Å²) in [5, 5.41) is 0. The summed E-state index contributed by atoms with van der Waals surface area (Å²) >= 11 is 0. The summed E-state index contributed by atoms with van der Waals surface area (Å²) in [6.45, 7) is 4.13. The standard InChI is InChI=1S/C17H21FN2O3/c18-15-5-3-13(4-6-15)16(21)14-2-1-7-19(12-14)8-9-20-10-11-23-17(20)22/h3-6,14H,1-2,7-12H2/t14-/m1/s1. The summed E-state index contributed by atoms with van der Waals surface area (Å²) in [6, 6.07) is 5.76. The van der Waals surface area contributed by atoms with Crippen LogP contribution >= 0.6 is 0 Å². The number of piperidine rings is 1. The zero-order valence-electron chi connectivity index (χ0n) is 13.0. The summed E-state index contributed by atoms with van der Waals surface area (Å²) in [6.07, 6.45) is 1.57. The Morgan fingerprint density at radius 3 is 2.70 bits per heavy atom. The zero-order chi connectivity index (χ0) is 16.2. The van der Waals surface area contributed by atoms with Crippen LogP contribution in [0.15, 0.2) is 24.3 Å². The Hall–Kier alpha value is -1.95. The van der Waals surface area contributed by atoms with E-state index in [4.69, 9.17) is 4.74 Å². The van der Waals surface area contributed by atoms with Crippen LogP contribution in [0.4, 0.5) is 9.18 Å². The molecule has 2 saturated heterocycles. The van der Waals surface area contributed by atoms with E-state index in [1.165, 1.54) is 12.1 Å². The molecular weight excluding hydrogens is 299 g/mol. The van der Waals surface area contributed by atoms with Crippen LogP contribution in [0.1, 0.15) is 23.2 Å². The van der Waals surface area contributed by atoms with E-state index in [0.717, 1.165) is 25.9 Å². The first-order valence-electron chi connectivity index (χ1n) is 8.07. The van der Waals surface area contributed by atoms with Gasteiger partial charge >= 0.3 is 6.09 Å². The third-order valence-electron chi connectivity index (χ3n) is 4.54. The van der Waals surface area contributed by atoms with E-state index in [1.807, 2.05) is 0 Å². The summed E-state index contributed by atoms with van der Waals surface area (Å²) in [5.41, 5.74) is 0.571. The molecule has 1 aromatic rings.